The van der Waals surface area contributed by atoms with E-state index in [2.05, 4.69) is 11.2 Å². The first-order valence-corrected chi connectivity index (χ1v) is 8.24. The Hall–Kier alpha value is -1.47. The minimum Gasteiger partial charge on any atom is -0.371 e. The molecule has 0 bridgehead atoms. The Morgan fingerprint density at radius 2 is 1.95 bits per heavy atom. The van der Waals surface area contributed by atoms with Crippen LogP contribution < -0.4 is 5.32 Å². The highest BCUT2D eigenvalue weighted by atomic mass is 32.2. The van der Waals surface area contributed by atoms with E-state index in [1.807, 2.05) is 19.9 Å². The molecule has 0 radical (unpaired) electrons. The molecule has 1 aromatic carbocycles. The first-order chi connectivity index (χ1) is 9.05. The molecule has 0 aliphatic heterocycles. The average Bonchev–Trinajstić information content (AvgIpc) is 2.38. The van der Waals surface area contributed by atoms with E-state index in [1.165, 1.54) is 0 Å². The van der Waals surface area contributed by atoms with E-state index in [0.717, 1.165) is 12.8 Å². The molecule has 0 saturated carbocycles. The number of benzene rings is 1. The Balaban J connectivity index is 3.06. The molecule has 0 spiro atoms. The number of terminal acetylenes is 1. The van der Waals surface area contributed by atoms with Gasteiger partial charge in [-0.15, -0.1) is 6.42 Å². The van der Waals surface area contributed by atoms with E-state index in [-0.39, 0.29) is 11.8 Å². The standard InChI is InChI=1S/C15H21NO2S/c1-4-9-13(6-3)16-14-10-7-8-11-15(14)19(17,18)12-5-2/h3,7-8,10-11,13,16H,4-5,9,12H2,1-2H3. The summed E-state index contributed by atoms with van der Waals surface area (Å²) in [6.07, 6.45) is 7.83. The molecule has 19 heavy (non-hydrogen) atoms. The second-order valence-electron chi connectivity index (χ2n) is 4.47. The molecule has 1 atom stereocenters. The summed E-state index contributed by atoms with van der Waals surface area (Å²) >= 11 is 0. The number of nitrogens with one attached hydrogen (secondary N) is 1. The van der Waals surface area contributed by atoms with Gasteiger partial charge < -0.3 is 5.32 Å². The molecule has 0 aromatic heterocycles. The third-order valence-corrected chi connectivity index (χ3v) is 4.78. The van der Waals surface area contributed by atoms with Crippen molar-refractivity contribution < 1.29 is 8.42 Å². The SMILES string of the molecule is C#CC(CCC)Nc1ccccc1S(=O)(=O)CCC. The molecule has 0 heterocycles. The molecular weight excluding hydrogens is 258 g/mol. The summed E-state index contributed by atoms with van der Waals surface area (Å²) in [7, 11) is -3.24. The molecule has 0 fully saturated rings. The van der Waals surface area contributed by atoms with E-state index in [9.17, 15) is 8.42 Å². The average molecular weight is 279 g/mol. The van der Waals surface area contributed by atoms with E-state index in [4.69, 9.17) is 6.42 Å². The van der Waals surface area contributed by atoms with Crippen molar-refractivity contribution in [3.05, 3.63) is 24.3 Å². The highest BCUT2D eigenvalue weighted by molar-refractivity contribution is 7.91. The van der Waals surface area contributed by atoms with Crippen LogP contribution in [0.2, 0.25) is 0 Å². The lowest BCUT2D eigenvalue weighted by molar-refractivity contribution is 0.595. The summed E-state index contributed by atoms with van der Waals surface area (Å²) in [5, 5.41) is 3.15. The van der Waals surface area contributed by atoms with Gasteiger partial charge in [0.05, 0.1) is 22.4 Å². The van der Waals surface area contributed by atoms with Crippen molar-refractivity contribution in [3.63, 3.8) is 0 Å². The summed E-state index contributed by atoms with van der Waals surface area (Å²) in [5.74, 6) is 2.81. The lowest BCUT2D eigenvalue weighted by atomic mass is 10.1. The molecule has 1 rings (SSSR count). The number of rotatable bonds is 7. The molecule has 0 aliphatic rings. The van der Waals surface area contributed by atoms with Crippen LogP contribution in [0.1, 0.15) is 33.1 Å². The largest absolute Gasteiger partial charge is 0.371 e. The van der Waals surface area contributed by atoms with E-state index >= 15 is 0 Å². The first kappa shape index (κ1) is 15.6. The molecule has 104 valence electrons. The zero-order chi connectivity index (χ0) is 14.3. The molecule has 1 aromatic rings. The van der Waals surface area contributed by atoms with Crippen LogP contribution in [0, 0.1) is 12.3 Å². The predicted molar refractivity (Wildman–Crippen MR) is 79.9 cm³/mol. The quantitative estimate of drug-likeness (QED) is 0.780. The van der Waals surface area contributed by atoms with Crippen molar-refractivity contribution in [1.29, 1.82) is 0 Å². The van der Waals surface area contributed by atoms with Gasteiger partial charge in [0.25, 0.3) is 0 Å². The van der Waals surface area contributed by atoms with Crippen LogP contribution in [0.5, 0.6) is 0 Å². The maximum atomic E-state index is 12.2. The molecule has 1 N–H and O–H groups in total. The fourth-order valence-corrected chi connectivity index (χ4v) is 3.41. The molecule has 0 aliphatic carbocycles. The van der Waals surface area contributed by atoms with Crippen LogP contribution in [-0.4, -0.2) is 20.2 Å². The Labute approximate surface area is 116 Å². The van der Waals surface area contributed by atoms with Gasteiger partial charge in [0.1, 0.15) is 0 Å². The Kier molecular flexibility index (Phi) is 5.91. The fourth-order valence-electron chi connectivity index (χ4n) is 1.91. The molecule has 0 amide bonds. The number of hydrogen-bond donors (Lipinski definition) is 1. The van der Waals surface area contributed by atoms with Gasteiger partial charge in [0.15, 0.2) is 9.84 Å². The van der Waals surface area contributed by atoms with Gasteiger partial charge in [-0.2, -0.15) is 0 Å². The lowest BCUT2D eigenvalue weighted by Gasteiger charge is -2.16. The normalized spacial score (nSPS) is 12.7. The minimum atomic E-state index is -3.24. The van der Waals surface area contributed by atoms with Gasteiger partial charge in [-0.05, 0) is 25.0 Å². The smallest absolute Gasteiger partial charge is 0.180 e. The number of para-hydroxylation sites is 1. The van der Waals surface area contributed by atoms with Crippen molar-refractivity contribution in [2.75, 3.05) is 11.1 Å². The van der Waals surface area contributed by atoms with Crippen molar-refractivity contribution >= 4 is 15.5 Å². The Morgan fingerprint density at radius 1 is 1.26 bits per heavy atom. The highest BCUT2D eigenvalue weighted by Crippen LogP contribution is 2.23. The lowest BCUT2D eigenvalue weighted by Crippen LogP contribution is -2.19. The van der Waals surface area contributed by atoms with Crippen molar-refractivity contribution in [2.24, 2.45) is 0 Å². The topological polar surface area (TPSA) is 46.2 Å². The van der Waals surface area contributed by atoms with Crippen LogP contribution in [0.3, 0.4) is 0 Å². The summed E-state index contributed by atoms with van der Waals surface area (Å²) in [6, 6.07) is 6.81. The van der Waals surface area contributed by atoms with Crippen molar-refractivity contribution in [1.82, 2.24) is 0 Å². The monoisotopic (exact) mass is 279 g/mol. The van der Waals surface area contributed by atoms with Gasteiger partial charge in [0.2, 0.25) is 0 Å². The number of hydrogen-bond acceptors (Lipinski definition) is 3. The maximum absolute atomic E-state index is 12.2. The molecule has 3 nitrogen and oxygen atoms in total. The third kappa shape index (κ3) is 4.29. The summed E-state index contributed by atoms with van der Waals surface area (Å²) in [6.45, 7) is 3.90. The van der Waals surface area contributed by atoms with Crippen LogP contribution in [-0.2, 0) is 9.84 Å². The highest BCUT2D eigenvalue weighted by Gasteiger charge is 2.18. The van der Waals surface area contributed by atoms with Crippen LogP contribution in [0.4, 0.5) is 5.69 Å². The maximum Gasteiger partial charge on any atom is 0.180 e. The zero-order valence-electron chi connectivity index (χ0n) is 11.5. The zero-order valence-corrected chi connectivity index (χ0v) is 12.3. The van der Waals surface area contributed by atoms with Gasteiger partial charge in [-0.3, -0.25) is 0 Å². The molecule has 4 heteroatoms. The molecular formula is C15H21NO2S. The molecule has 0 saturated heterocycles. The summed E-state index contributed by atoms with van der Waals surface area (Å²) < 4.78 is 24.4. The van der Waals surface area contributed by atoms with Gasteiger partial charge in [0, 0.05) is 0 Å². The fraction of sp³-hybridized carbons (Fsp3) is 0.467. The second-order valence-corrected chi connectivity index (χ2v) is 6.54. The predicted octanol–water partition coefficient (Wildman–Crippen LogP) is 3.08. The van der Waals surface area contributed by atoms with Gasteiger partial charge in [-0.25, -0.2) is 8.42 Å². The Bertz CT molecular complexity index is 544. The number of sulfone groups is 1. The summed E-state index contributed by atoms with van der Waals surface area (Å²) in [4.78, 5) is 0.341. The van der Waals surface area contributed by atoms with Crippen LogP contribution in [0.15, 0.2) is 29.2 Å². The van der Waals surface area contributed by atoms with Crippen molar-refractivity contribution in [2.45, 2.75) is 44.0 Å². The Morgan fingerprint density at radius 3 is 2.53 bits per heavy atom. The summed E-state index contributed by atoms with van der Waals surface area (Å²) in [5.41, 5.74) is 0.604. The first-order valence-electron chi connectivity index (χ1n) is 6.59. The molecule has 1 unspecified atom stereocenters. The van der Waals surface area contributed by atoms with E-state index < -0.39 is 9.84 Å². The van der Waals surface area contributed by atoms with Crippen LogP contribution in [0.25, 0.3) is 0 Å². The van der Waals surface area contributed by atoms with Crippen LogP contribution >= 0.6 is 0 Å². The van der Waals surface area contributed by atoms with Gasteiger partial charge in [-0.1, -0.05) is 38.3 Å². The second kappa shape index (κ2) is 7.20. The van der Waals surface area contributed by atoms with Gasteiger partial charge >= 0.3 is 0 Å². The van der Waals surface area contributed by atoms with Crippen molar-refractivity contribution in [3.8, 4) is 12.3 Å². The van der Waals surface area contributed by atoms with E-state index in [1.54, 1.807) is 18.2 Å². The number of anilines is 1. The minimum absolute atomic E-state index is 0.136. The third-order valence-electron chi connectivity index (χ3n) is 2.80. The van der Waals surface area contributed by atoms with E-state index in [0.29, 0.717) is 17.0 Å².